The maximum atomic E-state index is 6.55. The van der Waals surface area contributed by atoms with Gasteiger partial charge in [0.1, 0.15) is 5.75 Å². The Hall–Kier alpha value is -0.730. The van der Waals surface area contributed by atoms with Gasteiger partial charge >= 0.3 is 0 Å². The van der Waals surface area contributed by atoms with Crippen LogP contribution < -0.4 is 4.74 Å². The van der Waals surface area contributed by atoms with E-state index in [4.69, 9.17) is 21.1 Å². The molecule has 1 aromatic carbocycles. The predicted molar refractivity (Wildman–Crippen MR) is 72.4 cm³/mol. The van der Waals surface area contributed by atoms with Gasteiger partial charge < -0.3 is 9.47 Å². The molecular weight excluding hydrogens is 248 g/mol. The van der Waals surface area contributed by atoms with E-state index in [9.17, 15) is 0 Å². The van der Waals surface area contributed by atoms with Crippen molar-refractivity contribution in [1.82, 2.24) is 0 Å². The first-order chi connectivity index (χ1) is 8.74. The molecule has 0 spiro atoms. The third-order valence-corrected chi connectivity index (χ3v) is 4.38. The lowest BCUT2D eigenvalue weighted by Crippen LogP contribution is -2.15. The second-order valence-electron chi connectivity index (χ2n) is 5.28. The molecule has 0 radical (unpaired) electrons. The highest BCUT2D eigenvalue weighted by molar-refractivity contribution is 6.21. The molecule has 3 atom stereocenters. The number of ether oxygens (including phenoxy) is 2. The van der Waals surface area contributed by atoms with Crippen LogP contribution >= 0.6 is 11.6 Å². The first-order valence-corrected chi connectivity index (χ1v) is 7.23. The molecule has 2 heterocycles. The fourth-order valence-corrected chi connectivity index (χ4v) is 3.14. The summed E-state index contributed by atoms with van der Waals surface area (Å²) < 4.78 is 11.5. The maximum Gasteiger partial charge on any atom is 0.122 e. The van der Waals surface area contributed by atoms with Crippen molar-refractivity contribution in [2.45, 2.75) is 50.2 Å². The van der Waals surface area contributed by atoms with Crippen molar-refractivity contribution in [3.8, 4) is 5.75 Å². The van der Waals surface area contributed by atoms with Gasteiger partial charge in [0.15, 0.2) is 0 Å². The van der Waals surface area contributed by atoms with Gasteiger partial charge in [0.05, 0.1) is 24.2 Å². The van der Waals surface area contributed by atoms with Gasteiger partial charge in [-0.25, -0.2) is 0 Å². The highest BCUT2D eigenvalue weighted by atomic mass is 35.5. The molecule has 0 N–H and O–H groups in total. The second-order valence-corrected chi connectivity index (χ2v) is 5.75. The summed E-state index contributed by atoms with van der Waals surface area (Å²) in [5.41, 5.74) is 2.45. The van der Waals surface area contributed by atoms with Crippen molar-refractivity contribution in [1.29, 1.82) is 0 Å². The summed E-state index contributed by atoms with van der Waals surface area (Å²) in [7, 11) is 0. The molecule has 1 saturated heterocycles. The van der Waals surface area contributed by atoms with E-state index >= 15 is 0 Å². The van der Waals surface area contributed by atoms with Crippen LogP contribution in [0.3, 0.4) is 0 Å². The van der Waals surface area contributed by atoms with Gasteiger partial charge in [-0.2, -0.15) is 0 Å². The van der Waals surface area contributed by atoms with Gasteiger partial charge in [0.2, 0.25) is 0 Å². The average molecular weight is 267 g/mol. The monoisotopic (exact) mass is 266 g/mol. The molecule has 3 rings (SSSR count). The molecule has 98 valence electrons. The van der Waals surface area contributed by atoms with E-state index in [2.05, 4.69) is 25.1 Å². The number of aryl methyl sites for hydroxylation is 1. The van der Waals surface area contributed by atoms with Crippen molar-refractivity contribution < 1.29 is 9.47 Å². The summed E-state index contributed by atoms with van der Waals surface area (Å²) in [6.07, 6.45) is 4.86. The number of rotatable bonds is 2. The van der Waals surface area contributed by atoms with E-state index in [1.807, 2.05) is 0 Å². The van der Waals surface area contributed by atoms with Gasteiger partial charge in [0, 0.05) is 0 Å². The minimum Gasteiger partial charge on any atom is -0.493 e. The Kier molecular flexibility index (Phi) is 3.49. The van der Waals surface area contributed by atoms with Gasteiger partial charge in [-0.1, -0.05) is 12.1 Å². The van der Waals surface area contributed by atoms with Gasteiger partial charge in [-0.3, -0.25) is 0 Å². The summed E-state index contributed by atoms with van der Waals surface area (Å²) in [6.45, 7) is 2.95. The Bertz CT molecular complexity index is 433. The van der Waals surface area contributed by atoms with E-state index in [1.165, 1.54) is 11.1 Å². The van der Waals surface area contributed by atoms with E-state index in [0.29, 0.717) is 6.10 Å². The fourth-order valence-electron chi connectivity index (χ4n) is 2.82. The first kappa shape index (κ1) is 12.3. The van der Waals surface area contributed by atoms with Crippen molar-refractivity contribution in [3.63, 3.8) is 0 Å². The van der Waals surface area contributed by atoms with Crippen LogP contribution in [0.5, 0.6) is 5.75 Å². The molecule has 2 aliphatic heterocycles. The minimum absolute atomic E-state index is 0.0397. The van der Waals surface area contributed by atoms with Gasteiger partial charge in [-0.15, -0.1) is 11.6 Å². The molecule has 0 amide bonds. The molecule has 0 aliphatic carbocycles. The number of benzene rings is 1. The van der Waals surface area contributed by atoms with Crippen molar-refractivity contribution in [3.05, 3.63) is 29.3 Å². The molecule has 2 nitrogen and oxygen atoms in total. The number of fused-ring (bicyclic) bond motifs is 1. The van der Waals surface area contributed by atoms with E-state index in [1.54, 1.807) is 0 Å². The number of hydrogen-bond donors (Lipinski definition) is 0. The second kappa shape index (κ2) is 5.10. The predicted octanol–water partition coefficient (Wildman–Crippen LogP) is 3.86. The van der Waals surface area contributed by atoms with Crippen LogP contribution in [-0.2, 0) is 11.2 Å². The third-order valence-electron chi connectivity index (χ3n) is 3.84. The summed E-state index contributed by atoms with van der Waals surface area (Å²) in [5.74, 6) is 1.02. The molecule has 2 aliphatic rings. The lowest BCUT2D eigenvalue weighted by atomic mass is 9.99. The Morgan fingerprint density at radius 3 is 3.00 bits per heavy atom. The maximum absolute atomic E-state index is 6.55. The Morgan fingerprint density at radius 2 is 2.22 bits per heavy atom. The fraction of sp³-hybridized carbons (Fsp3) is 0.600. The number of alkyl halides is 1. The van der Waals surface area contributed by atoms with Crippen molar-refractivity contribution in [2.75, 3.05) is 6.61 Å². The SMILES string of the molecule is CC1CCC(C(Cl)c2ccc3c(c2)CCCO3)O1. The first-order valence-electron chi connectivity index (χ1n) is 6.79. The largest absolute Gasteiger partial charge is 0.493 e. The quantitative estimate of drug-likeness (QED) is 0.757. The standard InChI is InChI=1S/C15H19ClO2/c1-10-4-6-14(18-10)15(16)12-5-7-13-11(9-12)3-2-8-17-13/h5,7,9-10,14-15H,2-4,6,8H2,1H3. The summed E-state index contributed by atoms with van der Waals surface area (Å²) in [6, 6.07) is 6.32. The molecule has 1 fully saturated rings. The molecule has 0 aromatic heterocycles. The Labute approximate surface area is 113 Å². The Balaban J connectivity index is 1.79. The van der Waals surface area contributed by atoms with Gasteiger partial charge in [0.25, 0.3) is 0 Å². The van der Waals surface area contributed by atoms with E-state index in [-0.39, 0.29) is 11.5 Å². The highest BCUT2D eigenvalue weighted by Gasteiger charge is 2.29. The molecule has 1 aromatic rings. The number of hydrogen-bond acceptors (Lipinski definition) is 2. The highest BCUT2D eigenvalue weighted by Crippen LogP contribution is 2.37. The normalized spacial score (nSPS) is 28.6. The molecule has 0 saturated carbocycles. The van der Waals surface area contributed by atoms with Crippen LogP contribution in [0.2, 0.25) is 0 Å². The summed E-state index contributed by atoms with van der Waals surface area (Å²) in [5, 5.41) is -0.0397. The van der Waals surface area contributed by atoms with E-state index < -0.39 is 0 Å². The smallest absolute Gasteiger partial charge is 0.122 e. The summed E-state index contributed by atoms with van der Waals surface area (Å²) in [4.78, 5) is 0. The zero-order chi connectivity index (χ0) is 12.5. The van der Waals surface area contributed by atoms with Gasteiger partial charge in [-0.05, 0) is 49.8 Å². The van der Waals surface area contributed by atoms with Crippen LogP contribution in [-0.4, -0.2) is 18.8 Å². The average Bonchev–Trinajstić information content (AvgIpc) is 2.84. The molecule has 0 bridgehead atoms. The van der Waals surface area contributed by atoms with Crippen LogP contribution in [0.15, 0.2) is 18.2 Å². The summed E-state index contributed by atoms with van der Waals surface area (Å²) >= 11 is 6.55. The topological polar surface area (TPSA) is 18.5 Å². The van der Waals surface area contributed by atoms with Crippen molar-refractivity contribution >= 4 is 11.6 Å². The lowest BCUT2D eigenvalue weighted by molar-refractivity contribution is 0.0533. The molecule has 3 heteroatoms. The molecule has 3 unspecified atom stereocenters. The third kappa shape index (κ3) is 2.36. The minimum atomic E-state index is -0.0397. The zero-order valence-corrected chi connectivity index (χ0v) is 11.5. The Morgan fingerprint density at radius 1 is 1.33 bits per heavy atom. The molecule has 18 heavy (non-hydrogen) atoms. The number of halogens is 1. The zero-order valence-electron chi connectivity index (χ0n) is 10.7. The van der Waals surface area contributed by atoms with Crippen LogP contribution in [0.1, 0.15) is 42.7 Å². The molecular formula is C15H19ClO2. The van der Waals surface area contributed by atoms with Crippen LogP contribution in [0.4, 0.5) is 0 Å². The van der Waals surface area contributed by atoms with E-state index in [0.717, 1.165) is 38.0 Å². The lowest BCUT2D eigenvalue weighted by Gasteiger charge is -2.22. The van der Waals surface area contributed by atoms with Crippen LogP contribution in [0.25, 0.3) is 0 Å². The van der Waals surface area contributed by atoms with Crippen molar-refractivity contribution in [2.24, 2.45) is 0 Å². The van der Waals surface area contributed by atoms with Crippen LogP contribution in [0, 0.1) is 0 Å².